The summed E-state index contributed by atoms with van der Waals surface area (Å²) in [5, 5.41) is 7.22. The monoisotopic (exact) mass is 498 g/mol. The number of benzene rings is 3. The molecule has 5 rings (SSSR count). The van der Waals surface area contributed by atoms with Crippen LogP contribution in [0, 0.1) is 5.92 Å². The van der Waals surface area contributed by atoms with E-state index in [0.29, 0.717) is 30.4 Å². The number of anilines is 2. The molecule has 1 aliphatic carbocycles. The summed E-state index contributed by atoms with van der Waals surface area (Å²) in [6.07, 6.45) is 1.17. The summed E-state index contributed by atoms with van der Waals surface area (Å²) < 4.78 is 17.2. The number of Topliss-reactive ketones (excluding diaryl/α,β-unsaturated/α-hetero) is 1. The topological polar surface area (TPSA) is 68.8 Å². The fourth-order valence-corrected chi connectivity index (χ4v) is 5.20. The van der Waals surface area contributed by atoms with Crippen molar-refractivity contribution in [3.8, 4) is 17.2 Å². The zero-order chi connectivity index (χ0) is 25.9. The zero-order valence-corrected chi connectivity index (χ0v) is 21.8. The number of carbonyl (C=O) groups is 1. The van der Waals surface area contributed by atoms with Gasteiger partial charge >= 0.3 is 0 Å². The van der Waals surface area contributed by atoms with Crippen molar-refractivity contribution < 1.29 is 19.0 Å². The van der Waals surface area contributed by atoms with Gasteiger partial charge in [-0.1, -0.05) is 50.2 Å². The van der Waals surface area contributed by atoms with Crippen LogP contribution in [0.25, 0.3) is 0 Å². The molecule has 3 aromatic rings. The SMILES string of the molecule is COc1cccc(C2Nc3ccccc3NC3=C2C(=O)CC(c2ccc(OCC(C)C)cc2)C3)c1OC. The van der Waals surface area contributed by atoms with Crippen LogP contribution >= 0.6 is 0 Å². The van der Waals surface area contributed by atoms with Crippen LogP contribution in [-0.2, 0) is 4.79 Å². The molecule has 2 N–H and O–H groups in total. The third-order valence-electron chi connectivity index (χ3n) is 6.99. The molecule has 0 spiro atoms. The molecule has 2 aliphatic rings. The summed E-state index contributed by atoms with van der Waals surface area (Å²) in [7, 11) is 3.26. The Kier molecular flexibility index (Phi) is 7.08. The fourth-order valence-electron chi connectivity index (χ4n) is 5.20. The van der Waals surface area contributed by atoms with E-state index in [-0.39, 0.29) is 17.7 Å². The van der Waals surface area contributed by atoms with Gasteiger partial charge in [-0.15, -0.1) is 0 Å². The van der Waals surface area contributed by atoms with Gasteiger partial charge in [0.15, 0.2) is 17.3 Å². The van der Waals surface area contributed by atoms with Gasteiger partial charge in [0, 0.05) is 23.3 Å². The third-order valence-corrected chi connectivity index (χ3v) is 6.99. The normalized spacial score (nSPS) is 18.8. The molecule has 1 aliphatic heterocycles. The van der Waals surface area contributed by atoms with Crippen molar-refractivity contribution in [3.05, 3.63) is 89.1 Å². The number of carbonyl (C=O) groups excluding carboxylic acids is 1. The molecule has 3 aromatic carbocycles. The Bertz CT molecular complexity index is 1310. The molecule has 192 valence electrons. The van der Waals surface area contributed by atoms with E-state index in [1.54, 1.807) is 14.2 Å². The van der Waals surface area contributed by atoms with Gasteiger partial charge in [0.2, 0.25) is 0 Å². The van der Waals surface area contributed by atoms with E-state index in [1.807, 2.05) is 54.6 Å². The van der Waals surface area contributed by atoms with Crippen molar-refractivity contribution in [2.24, 2.45) is 5.92 Å². The minimum Gasteiger partial charge on any atom is -0.493 e. The van der Waals surface area contributed by atoms with E-state index >= 15 is 0 Å². The van der Waals surface area contributed by atoms with Gasteiger partial charge in [0.05, 0.1) is 38.2 Å². The molecule has 0 saturated carbocycles. The molecule has 0 fully saturated rings. The lowest BCUT2D eigenvalue weighted by molar-refractivity contribution is -0.116. The molecule has 0 aromatic heterocycles. The van der Waals surface area contributed by atoms with E-state index in [2.05, 4.69) is 36.6 Å². The molecule has 37 heavy (non-hydrogen) atoms. The van der Waals surface area contributed by atoms with Gasteiger partial charge in [-0.2, -0.15) is 0 Å². The second-order valence-electron chi connectivity index (χ2n) is 10.0. The zero-order valence-electron chi connectivity index (χ0n) is 21.8. The minimum atomic E-state index is -0.378. The minimum absolute atomic E-state index is 0.0796. The lowest BCUT2D eigenvalue weighted by atomic mass is 9.78. The molecule has 6 nitrogen and oxygen atoms in total. The van der Waals surface area contributed by atoms with E-state index in [4.69, 9.17) is 14.2 Å². The highest BCUT2D eigenvalue weighted by molar-refractivity contribution is 6.01. The molecule has 0 amide bonds. The van der Waals surface area contributed by atoms with Gasteiger partial charge in [-0.25, -0.2) is 0 Å². The average molecular weight is 499 g/mol. The number of methoxy groups -OCH3 is 2. The third kappa shape index (κ3) is 5.01. The van der Waals surface area contributed by atoms with Crippen LogP contribution in [0.4, 0.5) is 11.4 Å². The first-order valence-electron chi connectivity index (χ1n) is 12.8. The van der Waals surface area contributed by atoms with Gasteiger partial charge in [-0.05, 0) is 54.2 Å². The van der Waals surface area contributed by atoms with E-state index in [1.165, 1.54) is 0 Å². The first kappa shape index (κ1) is 24.8. The number of ketones is 1. The number of ether oxygens (including phenoxy) is 3. The van der Waals surface area contributed by atoms with Gasteiger partial charge in [0.1, 0.15) is 5.75 Å². The summed E-state index contributed by atoms with van der Waals surface area (Å²) in [4.78, 5) is 13.9. The Morgan fingerprint density at radius 2 is 1.65 bits per heavy atom. The van der Waals surface area contributed by atoms with Crippen LogP contribution in [0.5, 0.6) is 17.2 Å². The number of hydrogen-bond acceptors (Lipinski definition) is 6. The van der Waals surface area contributed by atoms with Gasteiger partial charge in [-0.3, -0.25) is 4.79 Å². The predicted octanol–water partition coefficient (Wildman–Crippen LogP) is 6.72. The number of fused-ring (bicyclic) bond motifs is 1. The van der Waals surface area contributed by atoms with Crippen LogP contribution in [0.3, 0.4) is 0 Å². The molecule has 2 unspecified atom stereocenters. The second kappa shape index (κ2) is 10.6. The summed E-state index contributed by atoms with van der Waals surface area (Å²) in [6, 6.07) is 21.7. The van der Waals surface area contributed by atoms with Crippen molar-refractivity contribution in [2.75, 3.05) is 31.5 Å². The number of allylic oxidation sites excluding steroid dienone is 1. The van der Waals surface area contributed by atoms with Crippen LogP contribution in [0.15, 0.2) is 78.0 Å². The van der Waals surface area contributed by atoms with Crippen LogP contribution in [0.1, 0.15) is 49.8 Å². The Balaban J connectivity index is 1.53. The maximum absolute atomic E-state index is 13.9. The van der Waals surface area contributed by atoms with Gasteiger partial charge in [0.25, 0.3) is 0 Å². The van der Waals surface area contributed by atoms with E-state index in [9.17, 15) is 4.79 Å². The standard InChI is InChI=1S/C31H34N2O4/c1-19(2)18-37-22-14-12-20(13-15-22)21-16-26-29(27(34)17-21)30(33-25-10-6-5-9-24(25)32-26)23-8-7-11-28(35-3)31(23)36-4/h5-15,19,21,30,32-33H,16-18H2,1-4H3. The molecule has 0 radical (unpaired) electrons. The largest absolute Gasteiger partial charge is 0.493 e. The summed E-state index contributed by atoms with van der Waals surface area (Å²) in [6.45, 7) is 4.95. The van der Waals surface area contributed by atoms with E-state index < -0.39 is 0 Å². The highest BCUT2D eigenvalue weighted by Gasteiger charge is 2.37. The highest BCUT2D eigenvalue weighted by Crippen LogP contribution is 2.47. The predicted molar refractivity (Wildman–Crippen MR) is 147 cm³/mol. The van der Waals surface area contributed by atoms with Crippen molar-refractivity contribution in [1.29, 1.82) is 0 Å². The molecule has 2 atom stereocenters. The Hall–Kier alpha value is -3.93. The van der Waals surface area contributed by atoms with Gasteiger partial charge < -0.3 is 24.8 Å². The molecular formula is C31H34N2O4. The lowest BCUT2D eigenvalue weighted by Crippen LogP contribution is -2.27. The maximum Gasteiger partial charge on any atom is 0.166 e. The highest BCUT2D eigenvalue weighted by atomic mass is 16.5. The van der Waals surface area contributed by atoms with Crippen molar-refractivity contribution in [3.63, 3.8) is 0 Å². The number of para-hydroxylation sites is 3. The fraction of sp³-hybridized carbons (Fsp3) is 0.323. The molecular weight excluding hydrogens is 464 g/mol. The van der Waals surface area contributed by atoms with Crippen LogP contribution < -0.4 is 24.8 Å². The molecule has 1 heterocycles. The Morgan fingerprint density at radius 1 is 0.892 bits per heavy atom. The summed E-state index contributed by atoms with van der Waals surface area (Å²) in [5.74, 6) is 2.78. The smallest absolute Gasteiger partial charge is 0.166 e. The quantitative estimate of drug-likeness (QED) is 0.377. The molecule has 6 heteroatoms. The van der Waals surface area contributed by atoms with Crippen molar-refractivity contribution >= 4 is 17.2 Å². The van der Waals surface area contributed by atoms with E-state index in [0.717, 1.165) is 45.9 Å². The average Bonchev–Trinajstić information content (AvgIpc) is 3.08. The summed E-state index contributed by atoms with van der Waals surface area (Å²) >= 11 is 0. The molecule has 0 saturated heterocycles. The number of rotatable bonds is 7. The lowest BCUT2D eigenvalue weighted by Gasteiger charge is -2.30. The second-order valence-corrected chi connectivity index (χ2v) is 10.0. The number of nitrogens with one attached hydrogen (secondary N) is 2. The van der Waals surface area contributed by atoms with Crippen LogP contribution in [0.2, 0.25) is 0 Å². The Labute approximate surface area is 218 Å². The Morgan fingerprint density at radius 3 is 2.35 bits per heavy atom. The van der Waals surface area contributed by atoms with Crippen LogP contribution in [-0.4, -0.2) is 26.6 Å². The summed E-state index contributed by atoms with van der Waals surface area (Å²) in [5.41, 5.74) is 5.57. The van der Waals surface area contributed by atoms with Crippen molar-refractivity contribution in [2.45, 2.75) is 38.6 Å². The maximum atomic E-state index is 13.9. The number of hydrogen-bond donors (Lipinski definition) is 2. The van der Waals surface area contributed by atoms with Crippen molar-refractivity contribution in [1.82, 2.24) is 0 Å². The first-order chi connectivity index (χ1) is 18.0. The first-order valence-corrected chi connectivity index (χ1v) is 12.8. The molecule has 0 bridgehead atoms.